The van der Waals surface area contributed by atoms with Crippen LogP contribution in [0.25, 0.3) is 6.08 Å². The first-order valence-corrected chi connectivity index (χ1v) is 9.79. The average Bonchev–Trinajstić information content (AvgIpc) is 3.00. The number of hydrogen-bond acceptors (Lipinski definition) is 3. The maximum Gasteiger partial charge on any atom is 0.410 e. The highest BCUT2D eigenvalue weighted by molar-refractivity contribution is 5.70. The summed E-state index contributed by atoms with van der Waals surface area (Å²) in [6, 6.07) is 6.32. The Hall–Kier alpha value is -1.81. The molecule has 0 radical (unpaired) electrons. The summed E-state index contributed by atoms with van der Waals surface area (Å²) in [7, 11) is 0. The lowest BCUT2D eigenvalue weighted by atomic mass is 9.71. The zero-order valence-corrected chi connectivity index (χ0v) is 16.0. The fourth-order valence-corrected chi connectivity index (χ4v) is 4.99. The largest absolute Gasteiger partial charge is 0.444 e. The highest BCUT2D eigenvalue weighted by Crippen LogP contribution is 2.46. The molecule has 0 spiro atoms. The van der Waals surface area contributed by atoms with Crippen molar-refractivity contribution in [3.63, 3.8) is 0 Å². The van der Waals surface area contributed by atoms with E-state index in [1.165, 1.54) is 11.1 Å². The second-order valence-electron chi connectivity index (χ2n) is 9.05. The van der Waals surface area contributed by atoms with E-state index in [0.717, 1.165) is 31.2 Å². The van der Waals surface area contributed by atoms with Crippen molar-refractivity contribution in [1.29, 1.82) is 0 Å². The normalized spacial score (nSPS) is 30.2. The summed E-state index contributed by atoms with van der Waals surface area (Å²) in [5.74, 6) is 0. The zero-order valence-electron chi connectivity index (χ0n) is 16.0. The maximum absolute atomic E-state index is 12.8. The lowest BCUT2D eigenvalue weighted by molar-refractivity contribution is -0.0968. The maximum atomic E-state index is 12.8. The van der Waals surface area contributed by atoms with Gasteiger partial charge in [-0.05, 0) is 63.1 Å². The monoisotopic (exact) mass is 355 g/mol. The van der Waals surface area contributed by atoms with E-state index in [4.69, 9.17) is 4.74 Å². The summed E-state index contributed by atoms with van der Waals surface area (Å²) >= 11 is 0. The van der Waals surface area contributed by atoms with Gasteiger partial charge in [-0.1, -0.05) is 30.4 Å². The van der Waals surface area contributed by atoms with Crippen LogP contribution in [0.5, 0.6) is 0 Å². The highest BCUT2D eigenvalue weighted by Gasteiger charge is 2.49. The van der Waals surface area contributed by atoms with Crippen molar-refractivity contribution in [2.45, 2.75) is 82.6 Å². The molecule has 2 fully saturated rings. The number of ether oxygens (including phenoxy) is 1. The van der Waals surface area contributed by atoms with Crippen LogP contribution in [0.15, 0.2) is 24.3 Å². The number of carbonyl (C=O) groups excluding carboxylic acids is 1. The van der Waals surface area contributed by atoms with E-state index in [2.05, 4.69) is 24.3 Å². The van der Waals surface area contributed by atoms with Gasteiger partial charge < -0.3 is 14.7 Å². The van der Waals surface area contributed by atoms with Gasteiger partial charge in [0.25, 0.3) is 0 Å². The van der Waals surface area contributed by atoms with Gasteiger partial charge in [0.05, 0.1) is 5.60 Å². The van der Waals surface area contributed by atoms with Crippen molar-refractivity contribution >= 4 is 12.2 Å². The molecular weight excluding hydrogens is 326 g/mol. The average molecular weight is 355 g/mol. The lowest BCUT2D eigenvalue weighted by Gasteiger charge is -2.52. The van der Waals surface area contributed by atoms with Crippen LogP contribution in [0.1, 0.15) is 69.6 Å². The molecule has 4 nitrogen and oxygen atoms in total. The van der Waals surface area contributed by atoms with Gasteiger partial charge in [-0.2, -0.15) is 0 Å². The molecule has 26 heavy (non-hydrogen) atoms. The lowest BCUT2D eigenvalue weighted by Crippen LogP contribution is -2.59. The molecule has 4 heteroatoms. The minimum atomic E-state index is -0.856. The third-order valence-electron chi connectivity index (χ3n) is 5.95. The minimum absolute atomic E-state index is 0.0487. The molecule has 1 aromatic rings. The first-order chi connectivity index (χ1) is 12.3. The molecule has 0 aromatic heterocycles. The molecule has 1 aliphatic carbocycles. The van der Waals surface area contributed by atoms with Crippen LogP contribution in [0, 0.1) is 0 Å². The molecule has 2 aliphatic heterocycles. The second-order valence-corrected chi connectivity index (χ2v) is 9.05. The van der Waals surface area contributed by atoms with Crippen LogP contribution in [0.3, 0.4) is 0 Å². The predicted molar refractivity (Wildman–Crippen MR) is 102 cm³/mol. The first-order valence-electron chi connectivity index (χ1n) is 9.79. The molecule has 2 saturated heterocycles. The Morgan fingerprint density at radius 3 is 2.58 bits per heavy atom. The molecule has 140 valence electrons. The number of carbonyl (C=O) groups is 1. The van der Waals surface area contributed by atoms with Gasteiger partial charge in [0.15, 0.2) is 0 Å². The van der Waals surface area contributed by atoms with E-state index >= 15 is 0 Å². The van der Waals surface area contributed by atoms with Crippen LogP contribution in [0.2, 0.25) is 0 Å². The SMILES string of the molecule is CC(C)(C)OC(=O)N1C2CCCC1CC(O)(c1cccc3c1CC=C3)C2. The fraction of sp³-hybridized carbons (Fsp3) is 0.591. The van der Waals surface area contributed by atoms with Crippen molar-refractivity contribution < 1.29 is 14.6 Å². The highest BCUT2D eigenvalue weighted by atomic mass is 16.6. The smallest absolute Gasteiger partial charge is 0.410 e. The third-order valence-corrected chi connectivity index (χ3v) is 5.95. The van der Waals surface area contributed by atoms with Gasteiger partial charge in [-0.25, -0.2) is 4.79 Å². The number of allylic oxidation sites excluding steroid dienone is 1. The zero-order chi connectivity index (χ0) is 18.5. The Bertz CT molecular complexity index is 732. The molecule has 2 atom stereocenters. The summed E-state index contributed by atoms with van der Waals surface area (Å²) in [4.78, 5) is 14.7. The van der Waals surface area contributed by atoms with E-state index in [1.807, 2.05) is 31.7 Å². The number of hydrogen-bond donors (Lipinski definition) is 1. The van der Waals surface area contributed by atoms with E-state index in [-0.39, 0.29) is 18.2 Å². The van der Waals surface area contributed by atoms with Crippen LogP contribution in [0.4, 0.5) is 4.79 Å². The Labute approximate surface area is 155 Å². The molecular formula is C22H29NO3. The van der Waals surface area contributed by atoms with Gasteiger partial charge in [0, 0.05) is 24.9 Å². The van der Waals surface area contributed by atoms with Crippen LogP contribution in [-0.2, 0) is 16.8 Å². The number of fused-ring (bicyclic) bond motifs is 3. The van der Waals surface area contributed by atoms with E-state index < -0.39 is 11.2 Å². The molecule has 2 heterocycles. The Kier molecular flexibility index (Phi) is 4.14. The Morgan fingerprint density at radius 2 is 1.92 bits per heavy atom. The summed E-state index contributed by atoms with van der Waals surface area (Å²) in [5.41, 5.74) is 2.17. The summed E-state index contributed by atoms with van der Waals surface area (Å²) in [6.07, 6.45) is 9.13. The van der Waals surface area contributed by atoms with Gasteiger partial charge in [-0.3, -0.25) is 0 Å². The number of nitrogens with zero attached hydrogens (tertiary/aromatic N) is 1. The molecule has 4 rings (SSSR count). The first kappa shape index (κ1) is 17.6. The number of piperidine rings is 2. The van der Waals surface area contributed by atoms with Crippen LogP contribution in [-0.4, -0.2) is 33.8 Å². The Balaban J connectivity index is 1.62. The molecule has 0 saturated carbocycles. The van der Waals surface area contributed by atoms with Crippen molar-refractivity contribution in [3.8, 4) is 0 Å². The summed E-state index contributed by atoms with van der Waals surface area (Å²) < 4.78 is 5.66. The quantitative estimate of drug-likeness (QED) is 0.812. The van der Waals surface area contributed by atoms with E-state index in [1.54, 1.807) is 0 Å². The van der Waals surface area contributed by atoms with Crippen molar-refractivity contribution in [2.75, 3.05) is 0 Å². The third kappa shape index (κ3) is 3.05. The number of aliphatic hydroxyl groups is 1. The molecule has 1 aromatic carbocycles. The summed E-state index contributed by atoms with van der Waals surface area (Å²) in [6.45, 7) is 5.71. The van der Waals surface area contributed by atoms with Crippen molar-refractivity contribution in [1.82, 2.24) is 4.90 Å². The van der Waals surface area contributed by atoms with Gasteiger partial charge in [0.2, 0.25) is 0 Å². The van der Waals surface area contributed by atoms with Gasteiger partial charge in [0.1, 0.15) is 5.60 Å². The molecule has 3 aliphatic rings. The second kappa shape index (κ2) is 6.12. The molecule has 1 amide bonds. The molecule has 1 N–H and O–H groups in total. The van der Waals surface area contributed by atoms with Crippen molar-refractivity contribution in [2.24, 2.45) is 0 Å². The minimum Gasteiger partial charge on any atom is -0.444 e. The standard InChI is InChI=1S/C22H29NO3/c1-21(2,3)26-20(24)23-16-9-6-10-17(23)14-22(25,13-16)19-12-5-8-15-7-4-11-18(15)19/h4-5,7-8,12,16-17,25H,6,9-11,13-14H2,1-3H3. The number of rotatable bonds is 1. The number of benzene rings is 1. The molecule has 2 bridgehead atoms. The Morgan fingerprint density at radius 1 is 1.23 bits per heavy atom. The van der Waals surface area contributed by atoms with E-state index in [9.17, 15) is 9.90 Å². The summed E-state index contributed by atoms with van der Waals surface area (Å²) in [5, 5.41) is 11.6. The fourth-order valence-electron chi connectivity index (χ4n) is 4.99. The van der Waals surface area contributed by atoms with E-state index in [0.29, 0.717) is 12.8 Å². The van der Waals surface area contributed by atoms with Gasteiger partial charge >= 0.3 is 6.09 Å². The molecule has 2 unspecified atom stereocenters. The van der Waals surface area contributed by atoms with Crippen LogP contribution >= 0.6 is 0 Å². The predicted octanol–water partition coefficient (Wildman–Crippen LogP) is 4.40. The van der Waals surface area contributed by atoms with Gasteiger partial charge in [-0.15, -0.1) is 0 Å². The number of amides is 1. The topological polar surface area (TPSA) is 49.8 Å². The van der Waals surface area contributed by atoms with Crippen molar-refractivity contribution in [3.05, 3.63) is 41.0 Å². The van der Waals surface area contributed by atoms with Crippen LogP contribution < -0.4 is 0 Å².